The number of hydrogen-bond acceptors (Lipinski definition) is 5. The van der Waals surface area contributed by atoms with Crippen LogP contribution in [0.2, 0.25) is 0 Å². The number of rotatable bonds is 5. The standard InChI is InChI=1S/C16H25F2NO5/c1-5-23-13(21)16(8-6-10-20)11(12(17)18)7-9-19(16)14(22)24-15(2,3)4/h20H,5-10H2,1-4H3/t16-/m0/s1. The molecule has 0 unspecified atom stereocenters. The fourth-order valence-corrected chi connectivity index (χ4v) is 2.81. The van der Waals surface area contributed by atoms with Crippen LogP contribution < -0.4 is 0 Å². The molecule has 1 saturated heterocycles. The second kappa shape index (κ2) is 7.92. The molecule has 0 radical (unpaired) electrons. The Kier molecular flexibility index (Phi) is 6.71. The highest BCUT2D eigenvalue weighted by Gasteiger charge is 2.56. The number of nitrogens with zero attached hydrogens (tertiary/aromatic N) is 1. The van der Waals surface area contributed by atoms with Crippen molar-refractivity contribution in [2.45, 2.75) is 58.1 Å². The highest BCUT2D eigenvalue weighted by Crippen LogP contribution is 2.42. The molecule has 1 rings (SSSR count). The highest BCUT2D eigenvalue weighted by atomic mass is 19.3. The summed E-state index contributed by atoms with van der Waals surface area (Å²) in [6.45, 7) is 6.10. The maximum Gasteiger partial charge on any atom is 0.411 e. The summed E-state index contributed by atoms with van der Waals surface area (Å²) < 4.78 is 37.2. The SMILES string of the molecule is CCOC(=O)[C@]1(CCCO)C(=C(F)F)CCN1C(=O)OC(C)(C)C. The van der Waals surface area contributed by atoms with Crippen LogP contribution in [0.25, 0.3) is 0 Å². The minimum atomic E-state index is -2.01. The van der Waals surface area contributed by atoms with Crippen LogP contribution in [0.15, 0.2) is 11.7 Å². The second-order valence-corrected chi connectivity index (χ2v) is 6.53. The van der Waals surface area contributed by atoms with Gasteiger partial charge in [0.2, 0.25) is 0 Å². The average Bonchev–Trinajstić information content (AvgIpc) is 2.84. The van der Waals surface area contributed by atoms with Crippen molar-refractivity contribution in [2.24, 2.45) is 0 Å². The first-order valence-electron chi connectivity index (χ1n) is 7.93. The Balaban J connectivity index is 3.36. The molecule has 0 aromatic rings. The molecule has 0 aromatic carbocycles. The zero-order chi connectivity index (χ0) is 18.5. The van der Waals surface area contributed by atoms with E-state index in [0.717, 1.165) is 4.90 Å². The lowest BCUT2D eigenvalue weighted by molar-refractivity contribution is -0.154. The average molecular weight is 349 g/mol. The summed E-state index contributed by atoms with van der Waals surface area (Å²) in [7, 11) is 0. The molecule has 1 atom stereocenters. The van der Waals surface area contributed by atoms with Gasteiger partial charge < -0.3 is 14.6 Å². The summed E-state index contributed by atoms with van der Waals surface area (Å²) in [5, 5.41) is 9.10. The largest absolute Gasteiger partial charge is 0.464 e. The van der Waals surface area contributed by atoms with Crippen LogP contribution in [0.5, 0.6) is 0 Å². The molecule has 1 aliphatic heterocycles. The minimum Gasteiger partial charge on any atom is -0.464 e. The van der Waals surface area contributed by atoms with E-state index in [9.17, 15) is 18.4 Å². The number of ether oxygens (including phenoxy) is 2. The fraction of sp³-hybridized carbons (Fsp3) is 0.750. The normalized spacial score (nSPS) is 21.0. The lowest BCUT2D eigenvalue weighted by Gasteiger charge is -2.37. The Morgan fingerprint density at radius 3 is 2.42 bits per heavy atom. The zero-order valence-electron chi connectivity index (χ0n) is 14.5. The Morgan fingerprint density at radius 1 is 1.33 bits per heavy atom. The Bertz CT molecular complexity index is 511. The summed E-state index contributed by atoms with van der Waals surface area (Å²) in [6.07, 6.45) is -3.11. The lowest BCUT2D eigenvalue weighted by Crippen LogP contribution is -2.56. The molecule has 0 bridgehead atoms. The van der Waals surface area contributed by atoms with E-state index in [1.807, 2.05) is 0 Å². The van der Waals surface area contributed by atoms with Gasteiger partial charge in [-0.2, -0.15) is 8.78 Å². The fourth-order valence-electron chi connectivity index (χ4n) is 2.81. The topological polar surface area (TPSA) is 76.1 Å². The predicted molar refractivity (Wildman–Crippen MR) is 82.5 cm³/mol. The zero-order valence-corrected chi connectivity index (χ0v) is 14.5. The van der Waals surface area contributed by atoms with Crippen LogP contribution in [0.1, 0.15) is 47.0 Å². The monoisotopic (exact) mass is 349 g/mol. The van der Waals surface area contributed by atoms with E-state index in [1.165, 1.54) is 0 Å². The number of esters is 1. The molecular weight excluding hydrogens is 324 g/mol. The molecule has 1 amide bonds. The summed E-state index contributed by atoms with van der Waals surface area (Å²) in [4.78, 5) is 26.0. The first kappa shape index (κ1) is 20.3. The number of aliphatic hydroxyl groups is 1. The molecular formula is C16H25F2NO5. The smallest absolute Gasteiger partial charge is 0.411 e. The van der Waals surface area contributed by atoms with Crippen molar-refractivity contribution in [1.82, 2.24) is 4.90 Å². The quantitative estimate of drug-likeness (QED) is 0.773. The van der Waals surface area contributed by atoms with Crippen molar-refractivity contribution in [3.05, 3.63) is 11.7 Å². The van der Waals surface area contributed by atoms with Crippen LogP contribution >= 0.6 is 0 Å². The molecule has 0 aliphatic carbocycles. The molecule has 24 heavy (non-hydrogen) atoms. The van der Waals surface area contributed by atoms with E-state index in [0.29, 0.717) is 0 Å². The first-order valence-corrected chi connectivity index (χ1v) is 7.93. The van der Waals surface area contributed by atoms with E-state index >= 15 is 0 Å². The van der Waals surface area contributed by atoms with Crippen LogP contribution in [-0.2, 0) is 14.3 Å². The molecule has 0 aromatic heterocycles. The molecule has 1 aliphatic rings. The van der Waals surface area contributed by atoms with Crippen molar-refractivity contribution >= 4 is 12.1 Å². The van der Waals surface area contributed by atoms with Gasteiger partial charge in [-0.25, -0.2) is 9.59 Å². The van der Waals surface area contributed by atoms with Gasteiger partial charge in [0.1, 0.15) is 5.60 Å². The maximum absolute atomic E-state index is 13.5. The third-order valence-electron chi connectivity index (χ3n) is 3.70. The van der Waals surface area contributed by atoms with E-state index in [1.54, 1.807) is 27.7 Å². The van der Waals surface area contributed by atoms with Crippen molar-refractivity contribution in [1.29, 1.82) is 0 Å². The number of likely N-dealkylation sites (tertiary alicyclic amines) is 1. The number of carbonyl (C=O) groups is 2. The van der Waals surface area contributed by atoms with Crippen LogP contribution in [0.4, 0.5) is 13.6 Å². The summed E-state index contributed by atoms with van der Waals surface area (Å²) in [6, 6.07) is 0. The molecule has 1 fully saturated rings. The van der Waals surface area contributed by atoms with Gasteiger partial charge in [-0.3, -0.25) is 4.90 Å². The number of aliphatic hydroxyl groups excluding tert-OH is 1. The number of amides is 1. The molecule has 1 heterocycles. The van der Waals surface area contributed by atoms with E-state index in [4.69, 9.17) is 14.6 Å². The van der Waals surface area contributed by atoms with Gasteiger partial charge in [-0.15, -0.1) is 0 Å². The molecule has 0 saturated carbocycles. The Morgan fingerprint density at radius 2 is 1.96 bits per heavy atom. The van der Waals surface area contributed by atoms with E-state index in [-0.39, 0.29) is 39.0 Å². The number of halogens is 2. The van der Waals surface area contributed by atoms with Crippen molar-refractivity contribution in [3.8, 4) is 0 Å². The maximum atomic E-state index is 13.5. The second-order valence-electron chi connectivity index (χ2n) is 6.53. The number of carbonyl (C=O) groups excluding carboxylic acids is 2. The molecule has 138 valence electrons. The molecule has 0 spiro atoms. The third kappa shape index (κ3) is 4.23. The van der Waals surface area contributed by atoms with Gasteiger partial charge in [0.25, 0.3) is 6.08 Å². The van der Waals surface area contributed by atoms with Crippen molar-refractivity contribution in [2.75, 3.05) is 19.8 Å². The third-order valence-corrected chi connectivity index (χ3v) is 3.70. The van der Waals surface area contributed by atoms with Gasteiger partial charge in [-0.1, -0.05) is 0 Å². The van der Waals surface area contributed by atoms with Gasteiger partial charge in [0.15, 0.2) is 5.54 Å². The van der Waals surface area contributed by atoms with Gasteiger partial charge in [0.05, 0.1) is 6.61 Å². The summed E-state index contributed by atoms with van der Waals surface area (Å²) in [5.74, 6) is -0.926. The highest BCUT2D eigenvalue weighted by molar-refractivity contribution is 5.90. The van der Waals surface area contributed by atoms with Gasteiger partial charge in [0, 0.05) is 18.7 Å². The van der Waals surface area contributed by atoms with Crippen LogP contribution in [0, 0.1) is 0 Å². The molecule has 6 nitrogen and oxygen atoms in total. The van der Waals surface area contributed by atoms with Crippen molar-refractivity contribution in [3.63, 3.8) is 0 Å². The lowest BCUT2D eigenvalue weighted by atomic mass is 9.86. The predicted octanol–water partition coefficient (Wildman–Crippen LogP) is 2.85. The van der Waals surface area contributed by atoms with Crippen LogP contribution in [0.3, 0.4) is 0 Å². The summed E-state index contributed by atoms with van der Waals surface area (Å²) in [5.41, 5.74) is -3.21. The van der Waals surface area contributed by atoms with Crippen LogP contribution in [-0.4, -0.2) is 53.0 Å². The Labute approximate surface area is 140 Å². The Hall–Kier alpha value is -1.70. The van der Waals surface area contributed by atoms with E-state index in [2.05, 4.69) is 0 Å². The van der Waals surface area contributed by atoms with E-state index < -0.39 is 34.9 Å². The van der Waals surface area contributed by atoms with Crippen molar-refractivity contribution < 1.29 is 33.0 Å². The van der Waals surface area contributed by atoms with Gasteiger partial charge in [-0.05, 0) is 47.0 Å². The van der Waals surface area contributed by atoms with Gasteiger partial charge >= 0.3 is 12.1 Å². The summed E-state index contributed by atoms with van der Waals surface area (Å²) >= 11 is 0. The molecule has 1 N–H and O–H groups in total. The molecule has 8 heteroatoms. The first-order chi connectivity index (χ1) is 11.1. The number of hydrogen-bond donors (Lipinski definition) is 1. The minimum absolute atomic E-state index is 0.0109.